The van der Waals surface area contributed by atoms with Gasteiger partial charge in [-0.25, -0.2) is 41.7 Å². The Kier molecular flexibility index (Phi) is 17.2. The number of hydrogen-bond acceptors (Lipinski definition) is 19. The number of pyridine rings is 3. The Hall–Kier alpha value is -11.9. The fraction of sp³-hybridized carbons (Fsp3) is 0.0769. The molecule has 0 radical (unpaired) electrons. The van der Waals surface area contributed by atoms with Crippen LogP contribution in [0.2, 0.25) is 0 Å². The van der Waals surface area contributed by atoms with Crippen molar-refractivity contribution in [2.45, 2.75) is 27.7 Å². The smallest absolute Gasteiger partial charge is 0.372 e. The molecule has 0 spiro atoms. The van der Waals surface area contributed by atoms with Crippen LogP contribution < -0.4 is 25.4 Å². The second kappa shape index (κ2) is 24.8. The minimum absolute atomic E-state index is 0.0212. The first-order chi connectivity index (χ1) is 39.7. The number of ether oxygens (including phenoxy) is 3. The van der Waals surface area contributed by atoms with Crippen LogP contribution in [-0.4, -0.2) is 75.7 Å². The Morgan fingerprint density at radius 3 is 1.75 bits per heavy atom. The number of hydrazone groups is 1. The van der Waals surface area contributed by atoms with Crippen molar-refractivity contribution in [3.05, 3.63) is 239 Å². The Labute approximate surface area is 461 Å². The normalized spacial score (nSPS) is 11.7. The fourth-order valence-electron chi connectivity index (χ4n) is 7.16. The SMILES string of the molecule is Cc1c(F)ccc([N+](=O)[O-])c1F.Cc1c(F)ccc([N+](=O)[O-])c1OC1=CC2=N[C+]=NN2C=C1.Cc1c(Oc2ccn3ncnc3c2)ccc(N)c1F.Cc1c(Oc2ccn3ncnc3c2)ccc([N+](=O)[O-])c1F.O=c1ccn2[nH]cnc2c1. The van der Waals surface area contributed by atoms with Gasteiger partial charge < -0.3 is 19.9 Å². The molecule has 0 aliphatic carbocycles. The molecule has 0 amide bonds. The van der Waals surface area contributed by atoms with Gasteiger partial charge in [-0.3, -0.25) is 40.2 Å². The molecule has 4 aromatic carbocycles. The molecular formula is C52H38F5N16O10+. The van der Waals surface area contributed by atoms with Gasteiger partial charge in [-0.05, 0) is 70.2 Å². The van der Waals surface area contributed by atoms with Gasteiger partial charge in [0, 0.05) is 99.5 Å². The van der Waals surface area contributed by atoms with E-state index in [1.807, 2.05) is 0 Å². The van der Waals surface area contributed by atoms with Crippen molar-refractivity contribution < 1.29 is 50.9 Å². The van der Waals surface area contributed by atoms with Crippen molar-refractivity contribution in [2.75, 3.05) is 5.73 Å². The van der Waals surface area contributed by atoms with Gasteiger partial charge in [-0.15, -0.1) is 5.01 Å². The monoisotopic (exact) mass is 1140 g/mol. The molecule has 31 heteroatoms. The minimum Gasteiger partial charge on any atom is -0.457 e. The first-order valence-electron chi connectivity index (χ1n) is 23.5. The predicted molar refractivity (Wildman–Crippen MR) is 285 cm³/mol. The van der Waals surface area contributed by atoms with E-state index in [0.29, 0.717) is 51.3 Å². The number of nitro benzene ring substituents is 3. The summed E-state index contributed by atoms with van der Waals surface area (Å²) in [6, 6.07) is 19.0. The quantitative estimate of drug-likeness (QED) is 0.0446. The number of fused-ring (bicyclic) bond motifs is 4. The number of H-pyrrole nitrogens is 1. The number of aliphatic imine (C=N–C) groups is 1. The highest BCUT2D eigenvalue weighted by Gasteiger charge is 2.29. The number of rotatable bonds is 9. The van der Waals surface area contributed by atoms with Crippen LogP contribution in [-0.2, 0) is 0 Å². The number of amidine groups is 1. The summed E-state index contributed by atoms with van der Waals surface area (Å²) >= 11 is 0. The molecule has 0 fully saturated rings. The second-order valence-corrected chi connectivity index (χ2v) is 16.9. The number of halogens is 5. The van der Waals surface area contributed by atoms with Gasteiger partial charge in [0.1, 0.15) is 59.7 Å². The summed E-state index contributed by atoms with van der Waals surface area (Å²) in [6.07, 6.45) is 16.5. The lowest BCUT2D eigenvalue weighted by Gasteiger charge is -2.12. The lowest BCUT2D eigenvalue weighted by molar-refractivity contribution is -0.387. The first kappa shape index (κ1) is 57.3. The van der Waals surface area contributed by atoms with E-state index in [1.165, 1.54) is 68.2 Å². The van der Waals surface area contributed by atoms with E-state index in [1.54, 1.807) is 81.7 Å². The van der Waals surface area contributed by atoms with Crippen molar-refractivity contribution in [2.24, 2.45) is 10.1 Å². The Morgan fingerprint density at radius 1 is 0.602 bits per heavy atom. The zero-order chi connectivity index (χ0) is 59.6. The van der Waals surface area contributed by atoms with Gasteiger partial charge in [-0.1, -0.05) is 0 Å². The molecule has 2 aliphatic rings. The van der Waals surface area contributed by atoms with E-state index in [4.69, 9.17) is 19.9 Å². The summed E-state index contributed by atoms with van der Waals surface area (Å²) in [6.45, 7) is 5.61. The maximum absolute atomic E-state index is 13.9. The molecule has 3 N–H and O–H groups in total. The zero-order valence-electron chi connectivity index (χ0n) is 43.1. The predicted octanol–water partition coefficient (Wildman–Crippen LogP) is 10.00. The number of nitro groups is 3. The van der Waals surface area contributed by atoms with Crippen LogP contribution in [0.15, 0.2) is 162 Å². The van der Waals surface area contributed by atoms with E-state index < -0.39 is 55.2 Å². The second-order valence-electron chi connectivity index (χ2n) is 16.9. The highest BCUT2D eigenvalue weighted by atomic mass is 19.1. The average molecular weight is 1140 g/mol. The molecule has 6 aromatic heterocycles. The summed E-state index contributed by atoms with van der Waals surface area (Å²) < 4.78 is 88.0. The van der Waals surface area contributed by atoms with Gasteiger partial charge in [0.15, 0.2) is 33.9 Å². The van der Waals surface area contributed by atoms with Crippen molar-refractivity contribution in [1.29, 1.82) is 0 Å². The molecule has 8 heterocycles. The van der Waals surface area contributed by atoms with Crippen LogP contribution in [0.4, 0.5) is 44.7 Å². The summed E-state index contributed by atoms with van der Waals surface area (Å²) in [5.41, 5.74) is 6.07. The number of nitrogen functional groups attached to an aromatic ring is 1. The van der Waals surface area contributed by atoms with Crippen molar-refractivity contribution in [3.8, 4) is 28.7 Å². The van der Waals surface area contributed by atoms with E-state index in [0.717, 1.165) is 37.3 Å². The molecule has 0 atom stereocenters. The van der Waals surface area contributed by atoms with Crippen molar-refractivity contribution >= 4 is 51.9 Å². The third-order valence-electron chi connectivity index (χ3n) is 11.6. The largest absolute Gasteiger partial charge is 0.457 e. The van der Waals surface area contributed by atoms with Gasteiger partial charge in [0.25, 0.3) is 0 Å². The van der Waals surface area contributed by atoms with E-state index in [2.05, 4.69) is 46.7 Å². The Balaban J connectivity index is 0.000000139. The average Bonchev–Trinajstić information content (AvgIpc) is 4.36. The highest BCUT2D eigenvalue weighted by molar-refractivity contribution is 6.02. The minimum atomic E-state index is -1.11. The number of nitrogens with one attached hydrogen (secondary N) is 1. The summed E-state index contributed by atoms with van der Waals surface area (Å²) in [4.78, 5) is 56.1. The molecule has 26 nitrogen and oxygen atoms in total. The maximum Gasteiger partial charge on any atom is 0.372 e. The summed E-state index contributed by atoms with van der Waals surface area (Å²) in [5, 5.41) is 47.8. The molecule has 0 saturated heterocycles. The number of anilines is 1. The van der Waals surface area contributed by atoms with Crippen LogP contribution in [0.3, 0.4) is 0 Å². The van der Waals surface area contributed by atoms with E-state index >= 15 is 0 Å². The van der Waals surface area contributed by atoms with E-state index in [-0.39, 0.29) is 45.0 Å². The molecule has 0 bridgehead atoms. The molecule has 12 rings (SSSR count). The van der Waals surface area contributed by atoms with Gasteiger partial charge in [0.05, 0.1) is 26.7 Å². The summed E-state index contributed by atoms with van der Waals surface area (Å²) in [5.74, 6) is -1.57. The first-order valence-corrected chi connectivity index (χ1v) is 23.5. The van der Waals surface area contributed by atoms with Crippen molar-refractivity contribution in [1.82, 2.24) is 48.8 Å². The molecular weight excluding hydrogens is 1100 g/mol. The zero-order valence-corrected chi connectivity index (χ0v) is 43.1. The lowest BCUT2D eigenvalue weighted by atomic mass is 10.2. The van der Waals surface area contributed by atoms with Crippen LogP contribution in [0.25, 0.3) is 16.9 Å². The summed E-state index contributed by atoms with van der Waals surface area (Å²) in [7, 11) is 0. The van der Waals surface area contributed by atoms with Crippen LogP contribution in [0, 0.1) is 87.1 Å². The van der Waals surface area contributed by atoms with Crippen molar-refractivity contribution in [3.63, 3.8) is 0 Å². The number of nitrogens with zero attached hydrogens (tertiary/aromatic N) is 14. The third kappa shape index (κ3) is 13.3. The number of benzene rings is 4. The highest BCUT2D eigenvalue weighted by Crippen LogP contribution is 2.35. The Bertz CT molecular complexity index is 4330. The molecule has 0 saturated carbocycles. The molecule has 2 aliphatic heterocycles. The number of aromatic nitrogens is 9. The number of nitrogens with two attached hydrogens (primary N) is 1. The van der Waals surface area contributed by atoms with Gasteiger partial charge >= 0.3 is 29.2 Å². The van der Waals surface area contributed by atoms with Gasteiger partial charge in [-0.2, -0.15) is 19.0 Å². The molecule has 420 valence electrons. The fourth-order valence-corrected chi connectivity index (χ4v) is 7.16. The molecule has 0 unspecified atom stereocenters. The lowest BCUT2D eigenvalue weighted by Crippen LogP contribution is -2.19. The van der Waals surface area contributed by atoms with E-state index in [9.17, 15) is 57.1 Å². The van der Waals surface area contributed by atoms with Crippen LogP contribution in [0.5, 0.6) is 28.7 Å². The molecule has 83 heavy (non-hydrogen) atoms. The third-order valence-corrected chi connectivity index (χ3v) is 11.6. The Morgan fingerprint density at radius 2 is 1.14 bits per heavy atom. The molecule has 10 aromatic rings. The standard InChI is InChI=1S/C13H9FN4O3.C13H8FN4O3.C13H11FN4O.C7H5F2NO2.C6H5N3O/c1-8-11(3-2-10(13(8)14)18(19)20)21-9-4-5-17-12(6-9)15-7-16-17;1-8-10(14)2-3-11(18(19)20)13(8)21-9-4-5-17-12(6-9)15-7-16-17;1-8-11(3-2-10(15)13(8)14)19-9-4-5-18-12(6-9)16-7-17-18;1-4-5(8)2-3-6(7(4)9)10(11)12;10-5-1-2-9-6(3-5)7-4-8-9/h2-7H,1H3;2-6H,1H3;2-7H,15H2,1H3;2-3H,1H3;1-4H,(H,7,8)/q;+1;;;. The number of aromatic amines is 1. The topological polar surface area (TPSA) is 322 Å². The van der Waals surface area contributed by atoms with Crippen LogP contribution in [0.1, 0.15) is 22.3 Å². The van der Waals surface area contributed by atoms with Gasteiger partial charge in [0.2, 0.25) is 17.4 Å². The number of hydrogen-bond donors (Lipinski definition) is 2. The number of allylic oxidation sites excluding steroid dienone is 1. The van der Waals surface area contributed by atoms with Crippen LogP contribution >= 0.6 is 0 Å². The maximum atomic E-state index is 13.9.